The van der Waals surface area contributed by atoms with Gasteiger partial charge in [0.2, 0.25) is 5.91 Å². The van der Waals surface area contributed by atoms with Gasteiger partial charge in [0.25, 0.3) is 5.91 Å². The van der Waals surface area contributed by atoms with E-state index in [1.54, 1.807) is 7.11 Å². The number of benzene rings is 1. The number of nitrogens with one attached hydrogen (secondary N) is 2. The van der Waals surface area contributed by atoms with Crippen LogP contribution in [0.1, 0.15) is 24.3 Å². The summed E-state index contributed by atoms with van der Waals surface area (Å²) in [6.07, 6.45) is 1.78. The van der Waals surface area contributed by atoms with E-state index in [-0.39, 0.29) is 24.2 Å². The van der Waals surface area contributed by atoms with E-state index in [4.69, 9.17) is 4.74 Å². The number of hydrazone groups is 1. The normalized spacial score (nSPS) is 12.2. The molecule has 6 nitrogen and oxygen atoms in total. The molecular weight excluding hydrogens is 350 g/mol. The maximum Gasteiger partial charge on any atom is 0.262 e. The van der Waals surface area contributed by atoms with Crippen LogP contribution in [0.3, 0.4) is 0 Å². The number of thiophene rings is 1. The van der Waals surface area contributed by atoms with Crippen LogP contribution in [0.5, 0.6) is 5.75 Å². The number of hydrogen-bond acceptors (Lipinski definition) is 5. The number of carbonyl (C=O) groups excluding carboxylic acids is 2. The van der Waals surface area contributed by atoms with Crippen LogP contribution in [0, 0.1) is 5.92 Å². The lowest BCUT2D eigenvalue weighted by Gasteiger charge is -2.20. The molecular formula is C19H23N3O3S. The third-order valence-electron chi connectivity index (χ3n) is 3.70. The van der Waals surface area contributed by atoms with Crippen molar-refractivity contribution in [3.63, 3.8) is 0 Å². The predicted octanol–water partition coefficient (Wildman–Crippen LogP) is 2.59. The number of nitrogens with zero attached hydrogens (tertiary/aromatic N) is 1. The van der Waals surface area contributed by atoms with Crippen LogP contribution >= 0.6 is 11.3 Å². The van der Waals surface area contributed by atoms with Crippen LogP contribution in [0.4, 0.5) is 0 Å². The summed E-state index contributed by atoms with van der Waals surface area (Å²) in [6.45, 7) is 3.75. The van der Waals surface area contributed by atoms with E-state index >= 15 is 0 Å². The van der Waals surface area contributed by atoms with Crippen LogP contribution in [-0.2, 0) is 16.0 Å². The summed E-state index contributed by atoms with van der Waals surface area (Å²) in [4.78, 5) is 25.5. The monoisotopic (exact) mass is 373 g/mol. The largest absolute Gasteiger partial charge is 0.496 e. The summed E-state index contributed by atoms with van der Waals surface area (Å²) in [6, 6.07) is 10.5. The summed E-state index contributed by atoms with van der Waals surface area (Å²) < 4.78 is 5.23. The van der Waals surface area contributed by atoms with Gasteiger partial charge in [0.1, 0.15) is 11.8 Å². The lowest BCUT2D eigenvalue weighted by molar-refractivity contribution is -0.129. The van der Waals surface area contributed by atoms with Crippen molar-refractivity contribution in [2.75, 3.05) is 7.11 Å². The molecule has 2 N–H and O–H groups in total. The second kappa shape index (κ2) is 9.72. The molecule has 1 atom stereocenters. The maximum atomic E-state index is 12.4. The zero-order valence-electron chi connectivity index (χ0n) is 15.1. The van der Waals surface area contributed by atoms with Crippen LogP contribution < -0.4 is 15.5 Å². The Morgan fingerprint density at radius 3 is 2.65 bits per heavy atom. The standard InChI is InChI=1S/C19H23N3O3S/c1-13(2)18(21-17(23)11-15-8-6-10-26-15)19(24)22-20-12-14-7-4-5-9-16(14)25-3/h4-10,12-13,18H,11H2,1-3H3,(H,21,23)(H,22,24)/t18-/m0/s1. The lowest BCUT2D eigenvalue weighted by atomic mass is 10.0. The third-order valence-corrected chi connectivity index (χ3v) is 4.57. The Labute approximate surface area is 157 Å². The summed E-state index contributed by atoms with van der Waals surface area (Å²) in [5.74, 6) is 0.0552. The van der Waals surface area contributed by atoms with Gasteiger partial charge >= 0.3 is 0 Å². The quantitative estimate of drug-likeness (QED) is 0.551. The minimum Gasteiger partial charge on any atom is -0.496 e. The number of methoxy groups -OCH3 is 1. The molecule has 1 aromatic carbocycles. The van der Waals surface area contributed by atoms with Gasteiger partial charge in [-0.2, -0.15) is 5.10 Å². The SMILES string of the molecule is COc1ccccc1C=NNC(=O)[C@@H](NC(=O)Cc1cccs1)C(C)C. The molecule has 0 aliphatic heterocycles. The van der Waals surface area contributed by atoms with E-state index in [1.807, 2.05) is 55.6 Å². The van der Waals surface area contributed by atoms with Crippen molar-refractivity contribution in [1.29, 1.82) is 0 Å². The molecule has 1 aromatic heterocycles. The van der Waals surface area contributed by atoms with Gasteiger partial charge < -0.3 is 10.1 Å². The van der Waals surface area contributed by atoms with E-state index in [9.17, 15) is 9.59 Å². The van der Waals surface area contributed by atoms with Gasteiger partial charge in [0.15, 0.2) is 0 Å². The molecule has 0 saturated heterocycles. The molecule has 26 heavy (non-hydrogen) atoms. The highest BCUT2D eigenvalue weighted by atomic mass is 32.1. The second-order valence-electron chi connectivity index (χ2n) is 6.02. The van der Waals surface area contributed by atoms with E-state index in [2.05, 4.69) is 15.8 Å². The van der Waals surface area contributed by atoms with Crippen molar-refractivity contribution >= 4 is 29.4 Å². The smallest absolute Gasteiger partial charge is 0.262 e. The van der Waals surface area contributed by atoms with Gasteiger partial charge in [-0.05, 0) is 29.5 Å². The molecule has 7 heteroatoms. The van der Waals surface area contributed by atoms with E-state index in [0.717, 1.165) is 10.4 Å². The second-order valence-corrected chi connectivity index (χ2v) is 7.05. The molecule has 0 aliphatic rings. The van der Waals surface area contributed by atoms with Crippen LogP contribution in [-0.4, -0.2) is 31.2 Å². The molecule has 0 fully saturated rings. The number of rotatable bonds is 8. The average Bonchev–Trinajstić information content (AvgIpc) is 3.12. The fourth-order valence-electron chi connectivity index (χ4n) is 2.34. The molecule has 0 radical (unpaired) electrons. The van der Waals surface area contributed by atoms with Crippen LogP contribution in [0.15, 0.2) is 46.9 Å². The van der Waals surface area contributed by atoms with E-state index in [1.165, 1.54) is 17.6 Å². The summed E-state index contributed by atoms with van der Waals surface area (Å²) >= 11 is 1.51. The highest BCUT2D eigenvalue weighted by molar-refractivity contribution is 7.10. The summed E-state index contributed by atoms with van der Waals surface area (Å²) in [5, 5.41) is 8.68. The topological polar surface area (TPSA) is 79.8 Å². The summed E-state index contributed by atoms with van der Waals surface area (Å²) in [7, 11) is 1.57. The fraction of sp³-hybridized carbons (Fsp3) is 0.316. The Morgan fingerprint density at radius 2 is 2.00 bits per heavy atom. The van der Waals surface area contributed by atoms with Gasteiger partial charge in [0.05, 0.1) is 19.7 Å². The Bertz CT molecular complexity index is 757. The van der Waals surface area contributed by atoms with Crippen molar-refractivity contribution in [3.05, 3.63) is 52.2 Å². The fourth-order valence-corrected chi connectivity index (χ4v) is 3.04. The molecule has 0 aliphatic carbocycles. The molecule has 2 rings (SSSR count). The number of ether oxygens (including phenoxy) is 1. The highest BCUT2D eigenvalue weighted by Crippen LogP contribution is 2.14. The average molecular weight is 373 g/mol. The summed E-state index contributed by atoms with van der Waals surface area (Å²) in [5.41, 5.74) is 3.24. The molecule has 1 heterocycles. The van der Waals surface area contributed by atoms with E-state index in [0.29, 0.717) is 5.75 Å². The van der Waals surface area contributed by atoms with Crippen molar-refractivity contribution in [1.82, 2.24) is 10.7 Å². The molecule has 0 saturated carbocycles. The Balaban J connectivity index is 1.95. The van der Waals surface area contributed by atoms with Crippen molar-refractivity contribution in [2.24, 2.45) is 11.0 Å². The van der Waals surface area contributed by atoms with Crippen molar-refractivity contribution in [3.8, 4) is 5.75 Å². The molecule has 2 amide bonds. The zero-order valence-corrected chi connectivity index (χ0v) is 15.9. The Hall–Kier alpha value is -2.67. The van der Waals surface area contributed by atoms with Gasteiger partial charge in [-0.3, -0.25) is 9.59 Å². The zero-order chi connectivity index (χ0) is 18.9. The van der Waals surface area contributed by atoms with Crippen LogP contribution in [0.2, 0.25) is 0 Å². The first-order chi connectivity index (χ1) is 12.5. The lowest BCUT2D eigenvalue weighted by Crippen LogP contribution is -2.49. The molecule has 2 aromatic rings. The van der Waals surface area contributed by atoms with Gasteiger partial charge in [-0.1, -0.05) is 32.0 Å². The minimum absolute atomic E-state index is 0.0660. The van der Waals surface area contributed by atoms with Crippen molar-refractivity contribution < 1.29 is 14.3 Å². The number of para-hydroxylation sites is 1. The minimum atomic E-state index is -0.655. The first-order valence-corrected chi connectivity index (χ1v) is 9.17. The number of carbonyl (C=O) groups is 2. The Kier molecular flexibility index (Phi) is 7.35. The molecule has 138 valence electrons. The number of hydrogen-bond donors (Lipinski definition) is 2. The Morgan fingerprint density at radius 1 is 1.23 bits per heavy atom. The third kappa shape index (κ3) is 5.70. The van der Waals surface area contributed by atoms with Gasteiger partial charge in [-0.15, -0.1) is 11.3 Å². The molecule has 0 spiro atoms. The van der Waals surface area contributed by atoms with Gasteiger partial charge in [-0.25, -0.2) is 5.43 Å². The molecule has 0 bridgehead atoms. The van der Waals surface area contributed by atoms with Crippen molar-refractivity contribution in [2.45, 2.75) is 26.3 Å². The first-order valence-electron chi connectivity index (χ1n) is 8.29. The maximum absolute atomic E-state index is 12.4. The first kappa shape index (κ1) is 19.7. The van der Waals surface area contributed by atoms with E-state index < -0.39 is 6.04 Å². The highest BCUT2D eigenvalue weighted by Gasteiger charge is 2.24. The number of amides is 2. The molecule has 0 unspecified atom stereocenters. The van der Waals surface area contributed by atoms with Crippen LogP contribution in [0.25, 0.3) is 0 Å². The van der Waals surface area contributed by atoms with Gasteiger partial charge in [0, 0.05) is 10.4 Å². The predicted molar refractivity (Wildman–Crippen MR) is 104 cm³/mol.